The van der Waals surface area contributed by atoms with E-state index in [1.54, 1.807) is 0 Å². The number of rotatable bonds is 2. The van der Waals surface area contributed by atoms with Crippen molar-refractivity contribution < 1.29 is 14.9 Å². The second-order valence-electron chi connectivity index (χ2n) is 3.90. The Balaban J connectivity index is 2.20. The summed E-state index contributed by atoms with van der Waals surface area (Å²) in [6, 6.07) is 7.41. The fourth-order valence-corrected chi connectivity index (χ4v) is 1.66. The standard InChI is InChI=1S/C12H9ClN4O4/c13-11-7-9(4-5-16(11)19)15-12(18)14-8-2-1-3-10(6-8)17(20)21/h1-7,19H,(H,14,18)/b15-9+. The van der Waals surface area contributed by atoms with Gasteiger partial charge in [0, 0.05) is 30.1 Å². The highest BCUT2D eigenvalue weighted by Gasteiger charge is 2.07. The van der Waals surface area contributed by atoms with E-state index in [9.17, 15) is 20.1 Å². The summed E-state index contributed by atoms with van der Waals surface area (Å²) in [5.74, 6) is 0. The zero-order valence-electron chi connectivity index (χ0n) is 10.4. The summed E-state index contributed by atoms with van der Waals surface area (Å²) in [6.07, 6.45) is 1.22. The number of nitro benzene ring substituents is 1. The van der Waals surface area contributed by atoms with Gasteiger partial charge in [-0.25, -0.2) is 4.79 Å². The van der Waals surface area contributed by atoms with Gasteiger partial charge in [0.05, 0.1) is 10.3 Å². The number of halogens is 1. The van der Waals surface area contributed by atoms with Crippen molar-refractivity contribution in [2.75, 3.05) is 5.32 Å². The first kappa shape index (κ1) is 14.5. The molecule has 1 heterocycles. The largest absolute Gasteiger partial charge is 0.428 e. The summed E-state index contributed by atoms with van der Waals surface area (Å²) in [7, 11) is 0. The Morgan fingerprint density at radius 1 is 1.38 bits per heavy atom. The van der Waals surface area contributed by atoms with Crippen LogP contribution in [0.1, 0.15) is 0 Å². The van der Waals surface area contributed by atoms with E-state index in [1.165, 1.54) is 42.6 Å². The minimum atomic E-state index is -0.720. The van der Waals surface area contributed by atoms with E-state index in [0.29, 0.717) is 4.73 Å². The van der Waals surface area contributed by atoms with E-state index in [0.717, 1.165) is 0 Å². The van der Waals surface area contributed by atoms with Crippen LogP contribution < -0.4 is 10.7 Å². The average Bonchev–Trinajstić information content (AvgIpc) is 2.43. The number of aromatic nitrogens is 1. The summed E-state index contributed by atoms with van der Waals surface area (Å²) in [5.41, 5.74) is 0.106. The van der Waals surface area contributed by atoms with Crippen molar-refractivity contribution >= 4 is 29.0 Å². The molecule has 0 spiro atoms. The summed E-state index contributed by atoms with van der Waals surface area (Å²) in [4.78, 5) is 25.5. The number of pyridine rings is 1. The quantitative estimate of drug-likeness (QED) is 0.384. The Morgan fingerprint density at radius 2 is 2.14 bits per heavy atom. The van der Waals surface area contributed by atoms with Crippen LogP contribution in [0.2, 0.25) is 5.15 Å². The van der Waals surface area contributed by atoms with Crippen molar-refractivity contribution in [2.24, 2.45) is 4.99 Å². The van der Waals surface area contributed by atoms with E-state index in [4.69, 9.17) is 11.6 Å². The molecule has 8 nitrogen and oxygen atoms in total. The third-order valence-electron chi connectivity index (χ3n) is 2.41. The van der Waals surface area contributed by atoms with Gasteiger partial charge in [-0.05, 0) is 12.1 Å². The fourth-order valence-electron chi connectivity index (χ4n) is 1.49. The first-order chi connectivity index (χ1) is 9.95. The molecule has 1 aromatic heterocycles. The fraction of sp³-hybridized carbons (Fsp3) is 0. The number of amides is 2. The monoisotopic (exact) mass is 308 g/mol. The number of carbonyl (C=O) groups excluding carboxylic acids is 1. The SMILES string of the molecule is O=C(/N=c1\ccn(O)c(Cl)c1)Nc1cccc([N+](=O)[O-])c1. The van der Waals surface area contributed by atoms with Gasteiger partial charge in [0.2, 0.25) is 0 Å². The van der Waals surface area contributed by atoms with Crippen molar-refractivity contribution in [1.82, 2.24) is 4.73 Å². The zero-order chi connectivity index (χ0) is 15.4. The first-order valence-electron chi connectivity index (χ1n) is 5.63. The number of hydrogen-bond donors (Lipinski definition) is 2. The maximum absolute atomic E-state index is 11.7. The number of nitrogens with zero attached hydrogens (tertiary/aromatic N) is 3. The highest BCUT2D eigenvalue weighted by atomic mass is 35.5. The normalized spacial score (nSPS) is 11.2. The van der Waals surface area contributed by atoms with Crippen molar-refractivity contribution in [2.45, 2.75) is 0 Å². The lowest BCUT2D eigenvalue weighted by atomic mass is 10.3. The predicted octanol–water partition coefficient (Wildman–Crippen LogP) is 2.42. The minimum Gasteiger partial charge on any atom is -0.428 e. The van der Waals surface area contributed by atoms with Crippen LogP contribution >= 0.6 is 11.6 Å². The van der Waals surface area contributed by atoms with Crippen LogP contribution in [0.5, 0.6) is 0 Å². The molecule has 2 rings (SSSR count). The van der Waals surface area contributed by atoms with Crippen LogP contribution in [0.4, 0.5) is 16.2 Å². The van der Waals surface area contributed by atoms with Gasteiger partial charge in [0.1, 0.15) is 5.15 Å². The molecular formula is C12H9ClN4O4. The van der Waals surface area contributed by atoms with E-state index < -0.39 is 11.0 Å². The Hall–Kier alpha value is -2.87. The Bertz CT molecular complexity index is 772. The summed E-state index contributed by atoms with van der Waals surface area (Å²) >= 11 is 5.66. The number of carbonyl (C=O) groups is 1. The summed E-state index contributed by atoms with van der Waals surface area (Å²) in [5, 5.41) is 22.4. The number of nitro groups is 1. The number of urea groups is 1. The highest BCUT2D eigenvalue weighted by Crippen LogP contribution is 2.16. The zero-order valence-corrected chi connectivity index (χ0v) is 11.2. The Kier molecular flexibility index (Phi) is 4.19. The molecule has 0 aliphatic rings. The molecule has 0 aliphatic carbocycles. The van der Waals surface area contributed by atoms with Gasteiger partial charge in [0.15, 0.2) is 0 Å². The molecule has 0 saturated heterocycles. The van der Waals surface area contributed by atoms with Gasteiger partial charge in [0.25, 0.3) is 5.69 Å². The summed E-state index contributed by atoms with van der Waals surface area (Å²) in [6.45, 7) is 0. The topological polar surface area (TPSA) is 110 Å². The van der Waals surface area contributed by atoms with Gasteiger partial charge >= 0.3 is 6.03 Å². The maximum Gasteiger partial charge on any atom is 0.345 e. The summed E-state index contributed by atoms with van der Waals surface area (Å²) < 4.78 is 0.666. The molecule has 0 unspecified atom stereocenters. The Labute approximate surface area is 123 Å². The third kappa shape index (κ3) is 3.80. The second-order valence-corrected chi connectivity index (χ2v) is 4.29. The van der Waals surface area contributed by atoms with Gasteiger partial charge in [-0.1, -0.05) is 17.7 Å². The number of nitrogens with one attached hydrogen (secondary N) is 1. The molecule has 2 amide bonds. The second kappa shape index (κ2) is 6.06. The van der Waals surface area contributed by atoms with Gasteiger partial charge in [-0.2, -0.15) is 9.72 Å². The maximum atomic E-state index is 11.7. The van der Waals surface area contributed by atoms with E-state index in [1.807, 2.05) is 0 Å². The van der Waals surface area contributed by atoms with Gasteiger partial charge < -0.3 is 10.5 Å². The van der Waals surface area contributed by atoms with Crippen LogP contribution in [0.15, 0.2) is 47.6 Å². The minimum absolute atomic E-state index is 0.0144. The highest BCUT2D eigenvalue weighted by molar-refractivity contribution is 6.29. The molecule has 1 aromatic carbocycles. The first-order valence-corrected chi connectivity index (χ1v) is 6.01. The number of hydrogen-bond acceptors (Lipinski definition) is 4. The third-order valence-corrected chi connectivity index (χ3v) is 2.69. The lowest BCUT2D eigenvalue weighted by Crippen LogP contribution is -2.13. The lowest BCUT2D eigenvalue weighted by molar-refractivity contribution is -0.384. The smallest absolute Gasteiger partial charge is 0.345 e. The molecule has 0 saturated carbocycles. The van der Waals surface area contributed by atoms with Gasteiger partial charge in [-0.3, -0.25) is 10.1 Å². The lowest BCUT2D eigenvalue weighted by Gasteiger charge is -2.01. The van der Waals surface area contributed by atoms with Crippen LogP contribution in [0.25, 0.3) is 0 Å². The van der Waals surface area contributed by atoms with Gasteiger partial charge in [-0.15, -0.1) is 0 Å². The van der Waals surface area contributed by atoms with Crippen LogP contribution in [0, 0.1) is 10.1 Å². The van der Waals surface area contributed by atoms with E-state index in [2.05, 4.69) is 10.3 Å². The van der Waals surface area contributed by atoms with Crippen LogP contribution in [0.3, 0.4) is 0 Å². The van der Waals surface area contributed by atoms with Crippen molar-refractivity contribution in [3.63, 3.8) is 0 Å². The van der Waals surface area contributed by atoms with Crippen molar-refractivity contribution in [3.8, 4) is 0 Å². The molecule has 21 heavy (non-hydrogen) atoms. The molecular weight excluding hydrogens is 300 g/mol. The molecule has 0 fully saturated rings. The van der Waals surface area contributed by atoms with Crippen LogP contribution in [-0.2, 0) is 0 Å². The predicted molar refractivity (Wildman–Crippen MR) is 74.3 cm³/mol. The molecule has 0 atom stereocenters. The molecule has 0 bridgehead atoms. The molecule has 2 aromatic rings. The van der Waals surface area contributed by atoms with E-state index in [-0.39, 0.29) is 21.9 Å². The molecule has 0 aliphatic heterocycles. The van der Waals surface area contributed by atoms with E-state index >= 15 is 0 Å². The Morgan fingerprint density at radius 3 is 2.81 bits per heavy atom. The number of non-ortho nitro benzene ring substituents is 1. The molecule has 0 radical (unpaired) electrons. The number of anilines is 1. The van der Waals surface area contributed by atoms with Crippen molar-refractivity contribution in [1.29, 1.82) is 0 Å². The molecule has 2 N–H and O–H groups in total. The average molecular weight is 309 g/mol. The van der Waals surface area contributed by atoms with Crippen molar-refractivity contribution in [3.05, 3.63) is 63.2 Å². The molecule has 9 heteroatoms. The molecule has 108 valence electrons. The number of benzene rings is 1. The van der Waals surface area contributed by atoms with Crippen LogP contribution in [-0.4, -0.2) is 20.9 Å².